The molecule has 1 aromatic carbocycles. The van der Waals surface area contributed by atoms with Gasteiger partial charge in [-0.15, -0.1) is 0 Å². The molecule has 0 aliphatic carbocycles. The van der Waals surface area contributed by atoms with Crippen molar-refractivity contribution in [2.75, 3.05) is 0 Å². The number of Topliss-reactive ketones (excluding diaryl/α,β-unsaturated/α-hetero) is 1. The molecule has 0 amide bonds. The summed E-state index contributed by atoms with van der Waals surface area (Å²) in [6.07, 6.45) is 1.96. The van der Waals surface area contributed by atoms with Gasteiger partial charge in [-0.2, -0.15) is 0 Å². The molecule has 2 nitrogen and oxygen atoms in total. The summed E-state index contributed by atoms with van der Waals surface area (Å²) in [7, 11) is 2.00. The second kappa shape index (κ2) is 4.60. The van der Waals surface area contributed by atoms with Crippen LogP contribution in [0, 0.1) is 18.8 Å². The van der Waals surface area contributed by atoms with Gasteiger partial charge in [0.25, 0.3) is 0 Å². The average molecular weight is 243 g/mol. The monoisotopic (exact) mass is 243 g/mol. The van der Waals surface area contributed by atoms with Gasteiger partial charge < -0.3 is 4.57 Å². The van der Waals surface area contributed by atoms with Gasteiger partial charge in [-0.05, 0) is 24.5 Å². The molecule has 0 aliphatic rings. The number of aryl methyl sites for hydroxylation is 2. The molecule has 1 aromatic heterocycles. The summed E-state index contributed by atoms with van der Waals surface area (Å²) in [5.41, 5.74) is 3.21. The minimum Gasteiger partial charge on any atom is -0.350 e. The predicted octanol–water partition coefficient (Wildman–Crippen LogP) is 3.96. The van der Waals surface area contributed by atoms with Gasteiger partial charge in [-0.3, -0.25) is 4.79 Å². The molecule has 0 fully saturated rings. The normalized spacial score (nSPS) is 13.2. The van der Waals surface area contributed by atoms with Crippen molar-refractivity contribution in [3.8, 4) is 0 Å². The van der Waals surface area contributed by atoms with Crippen LogP contribution in [0.25, 0.3) is 10.9 Å². The molecule has 0 saturated heterocycles. The molecule has 2 heteroatoms. The van der Waals surface area contributed by atoms with E-state index in [4.69, 9.17) is 0 Å². The van der Waals surface area contributed by atoms with E-state index in [0.717, 1.165) is 16.5 Å². The third-order valence-corrected chi connectivity index (χ3v) is 3.83. The van der Waals surface area contributed by atoms with Gasteiger partial charge in [0, 0.05) is 35.6 Å². The molecule has 96 valence electrons. The van der Waals surface area contributed by atoms with Crippen LogP contribution in [0.4, 0.5) is 0 Å². The summed E-state index contributed by atoms with van der Waals surface area (Å²) in [6.45, 7) is 8.28. The molecule has 18 heavy (non-hydrogen) atoms. The van der Waals surface area contributed by atoms with Crippen LogP contribution in [0.1, 0.15) is 36.7 Å². The lowest BCUT2D eigenvalue weighted by molar-refractivity contribution is 0.0901. The van der Waals surface area contributed by atoms with Crippen LogP contribution in [-0.4, -0.2) is 10.4 Å². The fraction of sp³-hybridized carbons (Fsp3) is 0.438. The van der Waals surface area contributed by atoms with Crippen molar-refractivity contribution in [2.24, 2.45) is 18.9 Å². The van der Waals surface area contributed by atoms with E-state index in [1.54, 1.807) is 0 Å². The van der Waals surface area contributed by atoms with Crippen LogP contribution in [0.2, 0.25) is 0 Å². The predicted molar refractivity (Wildman–Crippen MR) is 76.0 cm³/mol. The third-order valence-electron chi connectivity index (χ3n) is 3.83. The number of benzene rings is 1. The number of hydrogen-bond acceptors (Lipinski definition) is 1. The highest BCUT2D eigenvalue weighted by Crippen LogP contribution is 2.26. The van der Waals surface area contributed by atoms with E-state index in [1.165, 1.54) is 5.56 Å². The Kier molecular flexibility index (Phi) is 3.29. The minimum atomic E-state index is 0.0666. The SMILES string of the molecule is Cc1ccc2c(C(=O)C(C)C(C)C)cn(C)c2c1. The van der Waals surface area contributed by atoms with Crippen molar-refractivity contribution in [3.05, 3.63) is 35.5 Å². The number of carbonyl (C=O) groups excluding carboxylic acids is 1. The molecule has 0 radical (unpaired) electrons. The van der Waals surface area contributed by atoms with Crippen LogP contribution < -0.4 is 0 Å². The second-order valence-electron chi connectivity index (χ2n) is 5.57. The van der Waals surface area contributed by atoms with Crippen LogP contribution in [0.15, 0.2) is 24.4 Å². The Morgan fingerprint density at radius 2 is 1.89 bits per heavy atom. The first kappa shape index (κ1) is 12.9. The van der Waals surface area contributed by atoms with Gasteiger partial charge in [-0.1, -0.05) is 32.9 Å². The lowest BCUT2D eigenvalue weighted by Crippen LogP contribution is -2.16. The number of rotatable bonds is 3. The van der Waals surface area contributed by atoms with E-state index in [9.17, 15) is 4.79 Å². The Morgan fingerprint density at radius 3 is 2.50 bits per heavy atom. The van der Waals surface area contributed by atoms with E-state index in [-0.39, 0.29) is 11.7 Å². The summed E-state index contributed by atoms with van der Waals surface area (Å²) in [6, 6.07) is 6.26. The summed E-state index contributed by atoms with van der Waals surface area (Å²) in [5, 5.41) is 1.07. The summed E-state index contributed by atoms with van der Waals surface area (Å²) >= 11 is 0. The maximum absolute atomic E-state index is 12.5. The number of nitrogens with zero attached hydrogens (tertiary/aromatic N) is 1. The Balaban J connectivity index is 2.56. The van der Waals surface area contributed by atoms with Crippen LogP contribution in [-0.2, 0) is 7.05 Å². The molecule has 0 bridgehead atoms. The van der Waals surface area contributed by atoms with Crippen LogP contribution >= 0.6 is 0 Å². The molecule has 1 heterocycles. The highest BCUT2D eigenvalue weighted by Gasteiger charge is 2.21. The quantitative estimate of drug-likeness (QED) is 0.748. The van der Waals surface area contributed by atoms with Gasteiger partial charge >= 0.3 is 0 Å². The lowest BCUT2D eigenvalue weighted by atomic mass is 9.89. The lowest BCUT2D eigenvalue weighted by Gasteiger charge is -2.13. The van der Waals surface area contributed by atoms with Gasteiger partial charge in [0.1, 0.15) is 0 Å². The third kappa shape index (κ3) is 2.07. The van der Waals surface area contributed by atoms with Crippen molar-refractivity contribution >= 4 is 16.7 Å². The maximum Gasteiger partial charge on any atom is 0.168 e. The average Bonchev–Trinajstić information content (AvgIpc) is 2.64. The zero-order valence-corrected chi connectivity index (χ0v) is 11.8. The van der Waals surface area contributed by atoms with Gasteiger partial charge in [0.15, 0.2) is 5.78 Å². The standard InChI is InChI=1S/C16H21NO/c1-10(2)12(4)16(18)14-9-17(5)15-8-11(3)6-7-13(14)15/h6-10,12H,1-5H3. The Bertz CT molecular complexity index is 592. The molecule has 0 N–H and O–H groups in total. The van der Waals surface area contributed by atoms with Crippen molar-refractivity contribution < 1.29 is 4.79 Å². The van der Waals surface area contributed by atoms with E-state index in [0.29, 0.717) is 5.92 Å². The molecule has 1 unspecified atom stereocenters. The van der Waals surface area contributed by atoms with E-state index in [1.807, 2.05) is 24.7 Å². The number of fused-ring (bicyclic) bond motifs is 1. The van der Waals surface area contributed by atoms with Gasteiger partial charge in [0.2, 0.25) is 0 Å². The topological polar surface area (TPSA) is 22.0 Å². The molecule has 2 aromatic rings. The second-order valence-corrected chi connectivity index (χ2v) is 5.57. The highest BCUT2D eigenvalue weighted by molar-refractivity contribution is 6.09. The minimum absolute atomic E-state index is 0.0666. The maximum atomic E-state index is 12.5. The van der Waals surface area contributed by atoms with Crippen molar-refractivity contribution in [1.29, 1.82) is 0 Å². The Labute approximate surface area is 109 Å². The fourth-order valence-corrected chi connectivity index (χ4v) is 2.24. The molecule has 0 spiro atoms. The highest BCUT2D eigenvalue weighted by atomic mass is 16.1. The van der Waals surface area contributed by atoms with Gasteiger partial charge in [-0.25, -0.2) is 0 Å². The Hall–Kier alpha value is -1.57. The number of ketones is 1. The summed E-state index contributed by atoms with van der Waals surface area (Å²) < 4.78 is 2.04. The molecule has 1 atom stereocenters. The summed E-state index contributed by atoms with van der Waals surface area (Å²) in [4.78, 5) is 12.5. The van der Waals surface area contributed by atoms with E-state index in [2.05, 4.69) is 39.0 Å². The molecule has 2 rings (SSSR count). The molecular formula is C16H21NO. The van der Waals surface area contributed by atoms with E-state index >= 15 is 0 Å². The zero-order chi connectivity index (χ0) is 13.4. The Morgan fingerprint density at radius 1 is 1.22 bits per heavy atom. The first-order valence-corrected chi connectivity index (χ1v) is 6.51. The first-order chi connectivity index (χ1) is 8.41. The number of carbonyl (C=O) groups is 1. The number of hydrogen-bond donors (Lipinski definition) is 0. The molecule has 0 saturated carbocycles. The number of aromatic nitrogens is 1. The van der Waals surface area contributed by atoms with Crippen molar-refractivity contribution in [2.45, 2.75) is 27.7 Å². The first-order valence-electron chi connectivity index (χ1n) is 6.51. The van der Waals surface area contributed by atoms with Crippen molar-refractivity contribution in [3.63, 3.8) is 0 Å². The zero-order valence-electron chi connectivity index (χ0n) is 11.8. The largest absolute Gasteiger partial charge is 0.350 e. The van der Waals surface area contributed by atoms with Gasteiger partial charge in [0.05, 0.1) is 0 Å². The fourth-order valence-electron chi connectivity index (χ4n) is 2.24. The van der Waals surface area contributed by atoms with Crippen molar-refractivity contribution in [1.82, 2.24) is 4.57 Å². The van der Waals surface area contributed by atoms with Crippen LogP contribution in [0.5, 0.6) is 0 Å². The van der Waals surface area contributed by atoms with Crippen LogP contribution in [0.3, 0.4) is 0 Å². The molecule has 0 aliphatic heterocycles. The van der Waals surface area contributed by atoms with E-state index < -0.39 is 0 Å². The summed E-state index contributed by atoms with van der Waals surface area (Å²) in [5.74, 6) is 0.689. The smallest absolute Gasteiger partial charge is 0.168 e. The molecular weight excluding hydrogens is 222 g/mol.